The van der Waals surface area contributed by atoms with Crippen molar-refractivity contribution in [3.63, 3.8) is 0 Å². The molecule has 1 heterocycles. The predicted molar refractivity (Wildman–Crippen MR) is 83.8 cm³/mol. The number of hydrogen-bond donors (Lipinski definition) is 0. The number of ether oxygens (including phenoxy) is 2. The lowest BCUT2D eigenvalue weighted by molar-refractivity contribution is -0.194. The lowest BCUT2D eigenvalue weighted by Gasteiger charge is -2.29. The molecule has 0 bridgehead atoms. The zero-order valence-electron chi connectivity index (χ0n) is 12.6. The van der Waals surface area contributed by atoms with Gasteiger partial charge in [0.15, 0.2) is 6.29 Å². The van der Waals surface area contributed by atoms with Gasteiger partial charge in [0.2, 0.25) is 0 Å². The van der Waals surface area contributed by atoms with E-state index in [1.165, 1.54) is 0 Å². The topological polar surface area (TPSA) is 35.5 Å². The molecule has 0 amide bonds. The van der Waals surface area contributed by atoms with Crippen molar-refractivity contribution in [3.8, 4) is 0 Å². The van der Waals surface area contributed by atoms with Crippen molar-refractivity contribution in [2.24, 2.45) is 5.92 Å². The molecule has 0 radical (unpaired) electrons. The third-order valence-electron chi connectivity index (χ3n) is 3.77. The van der Waals surface area contributed by atoms with E-state index in [0.29, 0.717) is 6.42 Å². The molecule has 114 valence electrons. The Morgan fingerprint density at radius 1 is 1.33 bits per heavy atom. The molecule has 0 spiro atoms. The second-order valence-electron chi connectivity index (χ2n) is 5.50. The molecule has 3 nitrogen and oxygen atoms in total. The van der Waals surface area contributed by atoms with Crippen LogP contribution in [0.4, 0.5) is 0 Å². The standard InChI is InChI=1S/C18H24O3/c1-15(10-11-16-7-3-2-4-8-16)17(12-13-19)21-18-9-5-6-14-20-18/h2-4,7-8,10-11,13,15,17-18H,5-6,9,12,14H2,1H3/b11-10+/t15-,17+,18?/m1/s1. The van der Waals surface area contributed by atoms with Gasteiger partial charge in [0, 0.05) is 18.9 Å². The van der Waals surface area contributed by atoms with Gasteiger partial charge in [-0.15, -0.1) is 0 Å². The van der Waals surface area contributed by atoms with E-state index in [0.717, 1.165) is 37.7 Å². The highest BCUT2D eigenvalue weighted by molar-refractivity contribution is 5.51. The summed E-state index contributed by atoms with van der Waals surface area (Å²) in [6.45, 7) is 2.84. The molecule has 0 saturated carbocycles. The average molecular weight is 288 g/mol. The van der Waals surface area contributed by atoms with Crippen molar-refractivity contribution >= 4 is 12.4 Å². The quantitative estimate of drug-likeness (QED) is 0.715. The van der Waals surface area contributed by atoms with E-state index in [2.05, 4.69) is 31.2 Å². The minimum Gasteiger partial charge on any atom is -0.353 e. The summed E-state index contributed by atoms with van der Waals surface area (Å²) in [5.41, 5.74) is 1.16. The van der Waals surface area contributed by atoms with Crippen molar-refractivity contribution in [1.82, 2.24) is 0 Å². The van der Waals surface area contributed by atoms with Gasteiger partial charge in [-0.05, 0) is 24.8 Å². The van der Waals surface area contributed by atoms with E-state index >= 15 is 0 Å². The van der Waals surface area contributed by atoms with Gasteiger partial charge in [0.05, 0.1) is 6.10 Å². The van der Waals surface area contributed by atoms with E-state index in [-0.39, 0.29) is 18.3 Å². The van der Waals surface area contributed by atoms with Crippen LogP contribution in [0.2, 0.25) is 0 Å². The van der Waals surface area contributed by atoms with Crippen LogP contribution in [0.3, 0.4) is 0 Å². The van der Waals surface area contributed by atoms with Crippen LogP contribution in [0, 0.1) is 5.92 Å². The van der Waals surface area contributed by atoms with Gasteiger partial charge >= 0.3 is 0 Å². The van der Waals surface area contributed by atoms with Gasteiger partial charge in [-0.3, -0.25) is 0 Å². The van der Waals surface area contributed by atoms with Crippen LogP contribution in [0.5, 0.6) is 0 Å². The fraction of sp³-hybridized carbons (Fsp3) is 0.500. The van der Waals surface area contributed by atoms with E-state index in [1.807, 2.05) is 18.2 Å². The number of carbonyl (C=O) groups is 1. The maximum Gasteiger partial charge on any atom is 0.157 e. The van der Waals surface area contributed by atoms with Gasteiger partial charge in [-0.1, -0.05) is 49.4 Å². The third-order valence-corrected chi connectivity index (χ3v) is 3.77. The molecule has 1 saturated heterocycles. The highest BCUT2D eigenvalue weighted by Gasteiger charge is 2.22. The molecule has 1 aliphatic heterocycles. The second kappa shape index (κ2) is 8.75. The molecule has 1 aliphatic rings. The minimum absolute atomic E-state index is 0.120. The number of carbonyl (C=O) groups excluding carboxylic acids is 1. The fourth-order valence-corrected chi connectivity index (χ4v) is 2.45. The summed E-state index contributed by atoms with van der Waals surface area (Å²) >= 11 is 0. The number of rotatable bonds is 7. The summed E-state index contributed by atoms with van der Waals surface area (Å²) in [6.07, 6.45) is 8.39. The summed E-state index contributed by atoms with van der Waals surface area (Å²) in [6, 6.07) is 10.1. The van der Waals surface area contributed by atoms with Crippen LogP contribution in [0.25, 0.3) is 6.08 Å². The van der Waals surface area contributed by atoms with Gasteiger partial charge in [0.1, 0.15) is 6.29 Å². The predicted octanol–water partition coefficient (Wildman–Crippen LogP) is 3.84. The van der Waals surface area contributed by atoms with Crippen LogP contribution in [0.15, 0.2) is 36.4 Å². The van der Waals surface area contributed by atoms with E-state index < -0.39 is 0 Å². The largest absolute Gasteiger partial charge is 0.353 e. The first kappa shape index (κ1) is 15.9. The molecular formula is C18H24O3. The Morgan fingerprint density at radius 3 is 2.81 bits per heavy atom. The number of benzene rings is 1. The van der Waals surface area contributed by atoms with Crippen molar-refractivity contribution in [2.45, 2.75) is 45.0 Å². The summed E-state index contributed by atoms with van der Waals surface area (Å²) in [4.78, 5) is 10.9. The molecular weight excluding hydrogens is 264 g/mol. The van der Waals surface area contributed by atoms with Crippen LogP contribution in [-0.4, -0.2) is 25.3 Å². The molecule has 3 atom stereocenters. The van der Waals surface area contributed by atoms with Crippen LogP contribution < -0.4 is 0 Å². The maximum atomic E-state index is 10.9. The summed E-state index contributed by atoms with van der Waals surface area (Å²) in [7, 11) is 0. The van der Waals surface area contributed by atoms with E-state index in [4.69, 9.17) is 9.47 Å². The third kappa shape index (κ3) is 5.44. The first-order chi connectivity index (χ1) is 10.3. The van der Waals surface area contributed by atoms with Crippen LogP contribution in [0.1, 0.15) is 38.2 Å². The zero-order chi connectivity index (χ0) is 14.9. The molecule has 1 fully saturated rings. The van der Waals surface area contributed by atoms with Crippen molar-refractivity contribution < 1.29 is 14.3 Å². The van der Waals surface area contributed by atoms with Crippen LogP contribution >= 0.6 is 0 Å². The number of hydrogen-bond acceptors (Lipinski definition) is 3. The summed E-state index contributed by atoms with van der Waals surface area (Å²) in [5.74, 6) is 0.168. The zero-order valence-corrected chi connectivity index (χ0v) is 12.6. The monoisotopic (exact) mass is 288 g/mol. The first-order valence-electron chi connectivity index (χ1n) is 7.73. The van der Waals surface area contributed by atoms with Gasteiger partial charge < -0.3 is 14.3 Å². The van der Waals surface area contributed by atoms with Crippen LogP contribution in [-0.2, 0) is 14.3 Å². The number of aldehydes is 1. The molecule has 3 heteroatoms. The highest BCUT2D eigenvalue weighted by Crippen LogP contribution is 2.21. The van der Waals surface area contributed by atoms with Gasteiger partial charge in [-0.2, -0.15) is 0 Å². The molecule has 0 aliphatic carbocycles. The first-order valence-corrected chi connectivity index (χ1v) is 7.73. The smallest absolute Gasteiger partial charge is 0.157 e. The lowest BCUT2D eigenvalue weighted by atomic mass is 10.0. The Hall–Kier alpha value is -1.45. The van der Waals surface area contributed by atoms with Crippen molar-refractivity contribution in [3.05, 3.63) is 42.0 Å². The highest BCUT2D eigenvalue weighted by atomic mass is 16.7. The normalized spacial score (nSPS) is 22.0. The second-order valence-corrected chi connectivity index (χ2v) is 5.50. The molecule has 0 N–H and O–H groups in total. The molecule has 2 rings (SSSR count). The molecule has 21 heavy (non-hydrogen) atoms. The van der Waals surface area contributed by atoms with Gasteiger partial charge in [-0.25, -0.2) is 0 Å². The Bertz CT molecular complexity index is 435. The molecule has 0 aromatic heterocycles. The minimum atomic E-state index is -0.156. The SMILES string of the molecule is C[C@H](/C=C/c1ccccc1)[C@H](CC=O)OC1CCCCO1. The Labute approximate surface area is 127 Å². The fourth-order valence-electron chi connectivity index (χ4n) is 2.45. The Morgan fingerprint density at radius 2 is 2.14 bits per heavy atom. The van der Waals surface area contributed by atoms with Crippen molar-refractivity contribution in [1.29, 1.82) is 0 Å². The Kier molecular flexibility index (Phi) is 6.64. The van der Waals surface area contributed by atoms with Gasteiger partial charge in [0.25, 0.3) is 0 Å². The lowest BCUT2D eigenvalue weighted by Crippen LogP contribution is -2.31. The molecule has 1 aromatic rings. The van der Waals surface area contributed by atoms with E-state index in [1.54, 1.807) is 0 Å². The Balaban J connectivity index is 1.92. The molecule has 1 unspecified atom stereocenters. The average Bonchev–Trinajstić information content (AvgIpc) is 2.54. The molecule has 1 aromatic carbocycles. The van der Waals surface area contributed by atoms with Crippen molar-refractivity contribution in [2.75, 3.05) is 6.61 Å². The van der Waals surface area contributed by atoms with E-state index in [9.17, 15) is 4.79 Å². The summed E-state index contributed by atoms with van der Waals surface area (Å²) < 4.78 is 11.6. The maximum absolute atomic E-state index is 10.9. The summed E-state index contributed by atoms with van der Waals surface area (Å²) in [5, 5.41) is 0.